The van der Waals surface area contributed by atoms with Gasteiger partial charge in [-0.25, -0.2) is 9.18 Å². The second-order valence-electron chi connectivity index (χ2n) is 7.42. The van der Waals surface area contributed by atoms with Crippen LogP contribution in [0.3, 0.4) is 0 Å². The van der Waals surface area contributed by atoms with Crippen LogP contribution in [0, 0.1) is 5.82 Å². The summed E-state index contributed by atoms with van der Waals surface area (Å²) in [6, 6.07) is 24.4. The van der Waals surface area contributed by atoms with Gasteiger partial charge in [-0.05, 0) is 35.0 Å². The number of nitrogens with zero attached hydrogens (tertiary/aromatic N) is 2. The number of hydrogen-bond acceptors (Lipinski definition) is 4. The van der Waals surface area contributed by atoms with Crippen LogP contribution in [0.1, 0.15) is 11.1 Å². The van der Waals surface area contributed by atoms with Crippen molar-refractivity contribution >= 4 is 27.9 Å². The molecule has 0 amide bonds. The second-order valence-corrected chi connectivity index (χ2v) is 7.42. The molecule has 0 aliphatic rings. The van der Waals surface area contributed by atoms with Crippen LogP contribution in [0.4, 0.5) is 4.39 Å². The monoisotopic (exact) mass is 439 g/mol. The number of fused-ring (bicyclic) bond motifs is 2. The van der Waals surface area contributed by atoms with Crippen LogP contribution in [-0.4, -0.2) is 15.9 Å². The first-order valence-electron chi connectivity index (χ1n) is 10.3. The first kappa shape index (κ1) is 20.4. The summed E-state index contributed by atoms with van der Waals surface area (Å²) < 4.78 is 20.8. The maximum absolute atomic E-state index is 14.0. The van der Waals surface area contributed by atoms with Crippen LogP contribution < -0.4 is 16.0 Å². The summed E-state index contributed by atoms with van der Waals surface area (Å²) in [6.07, 6.45) is 1.42. The highest BCUT2D eigenvalue weighted by Crippen LogP contribution is 2.27. The normalized spacial score (nSPS) is 11.4. The second kappa shape index (κ2) is 8.55. The van der Waals surface area contributed by atoms with Crippen molar-refractivity contribution in [3.63, 3.8) is 0 Å². The third-order valence-corrected chi connectivity index (χ3v) is 5.36. The minimum absolute atomic E-state index is 0.0162. The number of aromatic amines is 1. The molecule has 6 nitrogen and oxygen atoms in total. The van der Waals surface area contributed by atoms with Gasteiger partial charge in [-0.3, -0.25) is 4.79 Å². The summed E-state index contributed by atoms with van der Waals surface area (Å²) in [5, 5.41) is 6.29. The van der Waals surface area contributed by atoms with E-state index in [9.17, 15) is 14.0 Å². The Morgan fingerprint density at radius 2 is 1.61 bits per heavy atom. The average molecular weight is 439 g/mol. The molecular formula is C26H18FN3O3. The number of benzene rings is 4. The fraction of sp³-hybridized carbons (Fsp3) is 0.0385. The molecule has 0 spiro atoms. The van der Waals surface area contributed by atoms with Crippen molar-refractivity contribution in [1.29, 1.82) is 0 Å². The summed E-state index contributed by atoms with van der Waals surface area (Å²) in [4.78, 5) is 28.0. The predicted octanol–water partition coefficient (Wildman–Crippen LogP) is 4.44. The lowest BCUT2D eigenvalue weighted by atomic mass is 10.0. The van der Waals surface area contributed by atoms with Gasteiger partial charge in [0.25, 0.3) is 5.56 Å². The van der Waals surface area contributed by atoms with Crippen molar-refractivity contribution in [2.45, 2.75) is 6.61 Å². The highest BCUT2D eigenvalue weighted by molar-refractivity contribution is 6.02. The average Bonchev–Trinajstić information content (AvgIpc) is 2.84. The van der Waals surface area contributed by atoms with Crippen LogP contribution in [0.15, 0.2) is 99.6 Å². The number of nitrogens with one attached hydrogen (secondary N) is 1. The van der Waals surface area contributed by atoms with Crippen molar-refractivity contribution in [3.8, 4) is 5.75 Å². The molecule has 0 radical (unpaired) electrons. The highest BCUT2D eigenvalue weighted by atomic mass is 19.1. The summed E-state index contributed by atoms with van der Waals surface area (Å²) in [7, 11) is 0. The quantitative estimate of drug-likeness (QED) is 0.411. The molecule has 0 fully saturated rings. The van der Waals surface area contributed by atoms with Gasteiger partial charge >= 0.3 is 5.69 Å². The molecule has 0 saturated heterocycles. The van der Waals surface area contributed by atoms with Crippen molar-refractivity contribution in [1.82, 2.24) is 9.66 Å². The Kier molecular flexibility index (Phi) is 5.28. The maximum atomic E-state index is 14.0. The van der Waals surface area contributed by atoms with E-state index >= 15 is 0 Å². The van der Waals surface area contributed by atoms with Crippen molar-refractivity contribution in [2.24, 2.45) is 5.10 Å². The molecule has 1 N–H and O–H groups in total. The number of halogens is 1. The lowest BCUT2D eigenvalue weighted by Gasteiger charge is -2.12. The molecule has 0 aliphatic carbocycles. The predicted molar refractivity (Wildman–Crippen MR) is 127 cm³/mol. The van der Waals surface area contributed by atoms with Gasteiger partial charge in [0.1, 0.15) is 18.2 Å². The molecular weight excluding hydrogens is 421 g/mol. The van der Waals surface area contributed by atoms with Gasteiger partial charge in [0.2, 0.25) is 0 Å². The molecule has 0 bridgehead atoms. The topological polar surface area (TPSA) is 76.5 Å². The molecule has 0 saturated carbocycles. The van der Waals surface area contributed by atoms with E-state index in [0.29, 0.717) is 27.8 Å². The molecule has 5 aromatic rings. The molecule has 1 heterocycles. The zero-order chi connectivity index (χ0) is 22.8. The minimum Gasteiger partial charge on any atom is -0.488 e. The Balaban J connectivity index is 1.60. The Bertz CT molecular complexity index is 1640. The Labute approximate surface area is 187 Å². The van der Waals surface area contributed by atoms with Crippen LogP contribution in [-0.2, 0) is 6.61 Å². The van der Waals surface area contributed by atoms with E-state index in [0.717, 1.165) is 15.4 Å². The van der Waals surface area contributed by atoms with Gasteiger partial charge in [0.05, 0.1) is 17.1 Å². The van der Waals surface area contributed by atoms with Crippen molar-refractivity contribution in [2.75, 3.05) is 0 Å². The van der Waals surface area contributed by atoms with E-state index in [-0.39, 0.29) is 12.4 Å². The van der Waals surface area contributed by atoms with Gasteiger partial charge in [-0.2, -0.15) is 5.10 Å². The van der Waals surface area contributed by atoms with Gasteiger partial charge in [-0.1, -0.05) is 60.7 Å². The molecule has 0 aliphatic heterocycles. The number of aromatic nitrogens is 2. The Morgan fingerprint density at radius 1 is 0.879 bits per heavy atom. The summed E-state index contributed by atoms with van der Waals surface area (Å²) >= 11 is 0. The van der Waals surface area contributed by atoms with Crippen LogP contribution in [0.2, 0.25) is 0 Å². The number of H-pyrrole nitrogens is 1. The number of rotatable bonds is 5. The van der Waals surface area contributed by atoms with E-state index in [1.807, 2.05) is 30.3 Å². The Hall–Kier alpha value is -4.52. The van der Waals surface area contributed by atoms with E-state index in [1.54, 1.807) is 48.5 Å². The molecule has 162 valence electrons. The summed E-state index contributed by atoms with van der Waals surface area (Å²) in [5.74, 6) is 0.0914. The zero-order valence-electron chi connectivity index (χ0n) is 17.4. The first-order valence-corrected chi connectivity index (χ1v) is 10.3. The number of hydrogen-bond donors (Lipinski definition) is 1. The maximum Gasteiger partial charge on any atom is 0.349 e. The molecule has 5 rings (SSSR count). The van der Waals surface area contributed by atoms with Crippen molar-refractivity contribution < 1.29 is 9.13 Å². The molecule has 0 atom stereocenters. The minimum atomic E-state index is -0.649. The van der Waals surface area contributed by atoms with Gasteiger partial charge in [0.15, 0.2) is 0 Å². The standard InChI is InChI=1S/C26H18FN3O3/c27-22-11-5-2-8-18(22)16-33-24-14-13-17-7-1-3-9-19(17)21(24)15-28-30-25(31)20-10-4-6-12-23(20)29-26(30)32/h1-15H,16H2,(H,29,32). The largest absolute Gasteiger partial charge is 0.488 e. The van der Waals surface area contributed by atoms with Crippen LogP contribution >= 0.6 is 0 Å². The SMILES string of the molecule is O=c1[nH]c2ccccc2c(=O)n1N=Cc1c(OCc2ccccc2F)ccc2ccccc12. The van der Waals surface area contributed by atoms with Gasteiger partial charge in [-0.15, -0.1) is 4.68 Å². The van der Waals surface area contributed by atoms with E-state index < -0.39 is 11.2 Å². The van der Waals surface area contributed by atoms with E-state index in [1.165, 1.54) is 12.3 Å². The fourth-order valence-electron chi connectivity index (χ4n) is 3.68. The third-order valence-electron chi connectivity index (χ3n) is 5.36. The lowest BCUT2D eigenvalue weighted by Crippen LogP contribution is -2.32. The van der Waals surface area contributed by atoms with Crippen molar-refractivity contribution in [3.05, 3.63) is 123 Å². The zero-order valence-corrected chi connectivity index (χ0v) is 17.4. The summed E-state index contributed by atoms with van der Waals surface area (Å²) in [5.41, 5.74) is 0.251. The third kappa shape index (κ3) is 3.92. The highest BCUT2D eigenvalue weighted by Gasteiger charge is 2.11. The number of ether oxygens (including phenoxy) is 1. The van der Waals surface area contributed by atoms with E-state index in [2.05, 4.69) is 10.1 Å². The molecule has 4 aromatic carbocycles. The first-order chi connectivity index (χ1) is 16.1. The summed E-state index contributed by atoms with van der Waals surface area (Å²) in [6.45, 7) is 0.0162. The number of para-hydroxylation sites is 1. The van der Waals surface area contributed by atoms with Crippen LogP contribution in [0.5, 0.6) is 5.75 Å². The fourth-order valence-corrected chi connectivity index (χ4v) is 3.68. The van der Waals surface area contributed by atoms with E-state index in [4.69, 9.17) is 4.74 Å². The Morgan fingerprint density at radius 3 is 2.45 bits per heavy atom. The van der Waals surface area contributed by atoms with Gasteiger partial charge < -0.3 is 9.72 Å². The molecule has 0 unspecified atom stereocenters. The lowest BCUT2D eigenvalue weighted by molar-refractivity contribution is 0.300. The smallest absolute Gasteiger partial charge is 0.349 e. The van der Waals surface area contributed by atoms with Gasteiger partial charge in [0, 0.05) is 11.1 Å². The molecule has 7 heteroatoms. The molecule has 1 aromatic heterocycles. The molecule has 33 heavy (non-hydrogen) atoms. The van der Waals surface area contributed by atoms with Crippen LogP contribution in [0.25, 0.3) is 21.7 Å².